The number of likely N-dealkylation sites (tertiary alicyclic amines) is 1. The number of rotatable bonds is 5. The molecule has 1 aromatic rings. The van der Waals surface area contributed by atoms with Gasteiger partial charge < -0.3 is 10.6 Å². The summed E-state index contributed by atoms with van der Waals surface area (Å²) in [6, 6.07) is 0.983. The number of aryl methyl sites for hydroxylation is 2. The molecule has 0 amide bonds. The fraction of sp³-hybridized carbons (Fsp3) is 0.833. The van der Waals surface area contributed by atoms with Gasteiger partial charge in [0.2, 0.25) is 0 Å². The second-order valence-electron chi connectivity index (χ2n) is 7.09. The van der Waals surface area contributed by atoms with Crippen molar-refractivity contribution in [1.29, 1.82) is 0 Å². The van der Waals surface area contributed by atoms with Gasteiger partial charge in [-0.1, -0.05) is 20.3 Å². The quantitative estimate of drug-likeness (QED) is 0.386. The number of likely N-dealkylation sites (N-methyl/N-ethyl adjacent to an activating group) is 1. The third-order valence-corrected chi connectivity index (χ3v) is 5.44. The highest BCUT2D eigenvalue weighted by atomic mass is 127. The number of aromatic nitrogens is 3. The Morgan fingerprint density at radius 1 is 1.27 bits per heavy atom. The van der Waals surface area contributed by atoms with Crippen molar-refractivity contribution in [2.75, 3.05) is 26.7 Å². The van der Waals surface area contributed by atoms with Crippen LogP contribution >= 0.6 is 24.0 Å². The summed E-state index contributed by atoms with van der Waals surface area (Å²) in [7, 11) is 1.85. The van der Waals surface area contributed by atoms with Gasteiger partial charge in [0.1, 0.15) is 5.82 Å². The molecule has 1 fully saturated rings. The van der Waals surface area contributed by atoms with Crippen molar-refractivity contribution < 1.29 is 0 Å². The van der Waals surface area contributed by atoms with Crippen LogP contribution in [0.25, 0.3) is 0 Å². The van der Waals surface area contributed by atoms with Gasteiger partial charge in [-0.2, -0.15) is 5.10 Å². The number of hydrogen-bond donors (Lipinski definition) is 2. The zero-order chi connectivity index (χ0) is 17.6. The topological polar surface area (TPSA) is 70.4 Å². The van der Waals surface area contributed by atoms with Gasteiger partial charge >= 0.3 is 0 Å². The van der Waals surface area contributed by atoms with Crippen LogP contribution in [0.15, 0.2) is 4.99 Å². The summed E-state index contributed by atoms with van der Waals surface area (Å²) in [5, 5.41) is 11.7. The second kappa shape index (κ2) is 10.4. The van der Waals surface area contributed by atoms with Crippen LogP contribution in [-0.2, 0) is 19.4 Å². The van der Waals surface area contributed by atoms with E-state index in [9.17, 15) is 0 Å². The highest BCUT2D eigenvalue weighted by Crippen LogP contribution is 2.16. The average Bonchev–Trinajstić information content (AvgIpc) is 3.07. The van der Waals surface area contributed by atoms with Crippen LogP contribution in [0.5, 0.6) is 0 Å². The third-order valence-electron chi connectivity index (χ3n) is 5.44. The van der Waals surface area contributed by atoms with E-state index in [-0.39, 0.29) is 24.0 Å². The molecule has 3 heterocycles. The number of fused-ring (bicyclic) bond motifs is 1. The van der Waals surface area contributed by atoms with E-state index in [1.54, 1.807) is 0 Å². The molecule has 148 valence electrons. The van der Waals surface area contributed by atoms with Crippen LogP contribution in [0.2, 0.25) is 0 Å². The minimum atomic E-state index is 0. The molecular weight excluding hydrogens is 441 g/mol. The van der Waals surface area contributed by atoms with E-state index in [0.717, 1.165) is 56.5 Å². The zero-order valence-electron chi connectivity index (χ0n) is 16.4. The predicted octanol–water partition coefficient (Wildman–Crippen LogP) is 1.81. The summed E-state index contributed by atoms with van der Waals surface area (Å²) in [5.74, 6) is 2.99. The molecule has 0 aliphatic carbocycles. The van der Waals surface area contributed by atoms with E-state index in [2.05, 4.69) is 49.1 Å². The number of hydrogen-bond acceptors (Lipinski definition) is 4. The number of nitrogens with one attached hydrogen (secondary N) is 2. The summed E-state index contributed by atoms with van der Waals surface area (Å²) in [5.41, 5.74) is 0. The fourth-order valence-corrected chi connectivity index (χ4v) is 3.94. The Kier molecular flexibility index (Phi) is 8.59. The van der Waals surface area contributed by atoms with Crippen molar-refractivity contribution in [2.45, 2.75) is 71.0 Å². The molecular formula is C18H34IN7. The molecule has 2 aliphatic heterocycles. The Balaban J connectivity index is 0.00000243. The van der Waals surface area contributed by atoms with E-state index >= 15 is 0 Å². The van der Waals surface area contributed by atoms with Gasteiger partial charge in [-0.05, 0) is 32.4 Å². The first-order valence-electron chi connectivity index (χ1n) is 9.87. The summed E-state index contributed by atoms with van der Waals surface area (Å²) in [4.78, 5) is 11.6. The second-order valence-corrected chi connectivity index (χ2v) is 7.09. The van der Waals surface area contributed by atoms with Gasteiger partial charge in [-0.25, -0.2) is 9.67 Å². The Bertz CT molecular complexity index is 586. The predicted molar refractivity (Wildman–Crippen MR) is 116 cm³/mol. The molecule has 8 heteroatoms. The monoisotopic (exact) mass is 475 g/mol. The average molecular weight is 475 g/mol. The van der Waals surface area contributed by atoms with Crippen LogP contribution in [0.3, 0.4) is 0 Å². The number of aliphatic imine (C=N–C) groups is 1. The molecule has 0 spiro atoms. The van der Waals surface area contributed by atoms with Crippen molar-refractivity contribution in [3.8, 4) is 0 Å². The van der Waals surface area contributed by atoms with Gasteiger partial charge in [0.25, 0.3) is 0 Å². The fourth-order valence-electron chi connectivity index (χ4n) is 3.94. The molecule has 1 saturated heterocycles. The Morgan fingerprint density at radius 3 is 2.85 bits per heavy atom. The summed E-state index contributed by atoms with van der Waals surface area (Å²) in [6.07, 6.45) is 6.91. The molecule has 2 N–H and O–H groups in total. The summed E-state index contributed by atoms with van der Waals surface area (Å²) in [6.45, 7) is 8.56. The lowest BCUT2D eigenvalue weighted by atomic mass is 10.0. The number of halogens is 1. The number of piperidine rings is 1. The summed E-state index contributed by atoms with van der Waals surface area (Å²) >= 11 is 0. The highest BCUT2D eigenvalue weighted by molar-refractivity contribution is 14.0. The molecule has 2 unspecified atom stereocenters. The van der Waals surface area contributed by atoms with E-state index < -0.39 is 0 Å². The van der Waals surface area contributed by atoms with Crippen LogP contribution in [0.1, 0.15) is 51.2 Å². The first-order chi connectivity index (χ1) is 12.2. The molecule has 7 nitrogen and oxygen atoms in total. The number of nitrogens with zero attached hydrogens (tertiary/aromatic N) is 5. The molecule has 1 aromatic heterocycles. The normalized spacial score (nSPS) is 23.9. The molecule has 2 atom stereocenters. The molecule has 0 saturated carbocycles. The van der Waals surface area contributed by atoms with E-state index in [4.69, 9.17) is 0 Å². The van der Waals surface area contributed by atoms with Crippen molar-refractivity contribution >= 4 is 29.9 Å². The van der Waals surface area contributed by atoms with Crippen LogP contribution < -0.4 is 10.6 Å². The van der Waals surface area contributed by atoms with Crippen molar-refractivity contribution in [1.82, 2.24) is 30.3 Å². The van der Waals surface area contributed by atoms with Crippen molar-refractivity contribution in [2.24, 2.45) is 4.99 Å². The van der Waals surface area contributed by atoms with Gasteiger partial charge in [-0.3, -0.25) is 9.89 Å². The lowest BCUT2D eigenvalue weighted by Gasteiger charge is -2.35. The maximum absolute atomic E-state index is 4.59. The summed E-state index contributed by atoms with van der Waals surface area (Å²) < 4.78 is 2.06. The van der Waals surface area contributed by atoms with E-state index in [1.807, 2.05) is 7.05 Å². The van der Waals surface area contributed by atoms with Crippen molar-refractivity contribution in [3.63, 3.8) is 0 Å². The Morgan fingerprint density at radius 2 is 2.12 bits per heavy atom. The van der Waals surface area contributed by atoms with Crippen LogP contribution in [0, 0.1) is 0 Å². The first kappa shape index (κ1) is 21.4. The van der Waals surface area contributed by atoms with Gasteiger partial charge in [0.15, 0.2) is 11.8 Å². The number of guanidine groups is 1. The minimum Gasteiger partial charge on any atom is -0.355 e. The highest BCUT2D eigenvalue weighted by Gasteiger charge is 2.24. The van der Waals surface area contributed by atoms with Gasteiger partial charge in [0, 0.05) is 38.5 Å². The maximum atomic E-state index is 4.59. The van der Waals surface area contributed by atoms with E-state index in [1.165, 1.54) is 25.8 Å². The Labute approximate surface area is 174 Å². The molecule has 0 radical (unpaired) electrons. The first-order valence-corrected chi connectivity index (χ1v) is 9.87. The van der Waals surface area contributed by atoms with E-state index in [0.29, 0.717) is 12.1 Å². The van der Waals surface area contributed by atoms with Crippen LogP contribution in [0.4, 0.5) is 0 Å². The molecule has 2 aliphatic rings. The lowest BCUT2D eigenvalue weighted by molar-refractivity contribution is 0.157. The standard InChI is InChI=1S/C18H33N7.HI/c1-4-16-22-17-10-9-14(13-25(17)23-16)21-18(19-3)20-12-15-8-6-7-11-24(15)5-2;/h14-15H,4-13H2,1-3H3,(H2,19,20,21);1H. The SMILES string of the molecule is CCc1nc2n(n1)CC(NC(=NC)NCC1CCCCN1CC)CC2.I. The largest absolute Gasteiger partial charge is 0.355 e. The third kappa shape index (κ3) is 5.31. The Hall–Kier alpha value is -0.900. The zero-order valence-corrected chi connectivity index (χ0v) is 18.7. The van der Waals surface area contributed by atoms with Crippen LogP contribution in [-0.4, -0.2) is 64.4 Å². The maximum Gasteiger partial charge on any atom is 0.191 e. The van der Waals surface area contributed by atoms with Gasteiger partial charge in [-0.15, -0.1) is 24.0 Å². The minimum absolute atomic E-state index is 0. The molecule has 26 heavy (non-hydrogen) atoms. The van der Waals surface area contributed by atoms with Crippen molar-refractivity contribution in [3.05, 3.63) is 11.6 Å². The lowest BCUT2D eigenvalue weighted by Crippen LogP contribution is -2.52. The molecule has 3 rings (SSSR count). The van der Waals surface area contributed by atoms with Gasteiger partial charge in [0.05, 0.1) is 6.54 Å². The smallest absolute Gasteiger partial charge is 0.191 e. The molecule has 0 aromatic carbocycles. The molecule has 0 bridgehead atoms.